The molecule has 95 heavy (non-hydrogen) atoms. The van der Waals surface area contributed by atoms with E-state index in [2.05, 4.69) is 41.5 Å². The molecule has 19 heteroatoms. The monoisotopic (exact) mass is 1400 g/mol. The zero-order chi connectivity index (χ0) is 70.0. The molecule has 0 aromatic rings. The third-order valence-electron chi connectivity index (χ3n) is 17.7. The van der Waals surface area contributed by atoms with Crippen LogP contribution in [-0.2, 0) is 65.4 Å². The summed E-state index contributed by atoms with van der Waals surface area (Å²) in [7, 11) is -9.91. The van der Waals surface area contributed by atoms with E-state index in [1.165, 1.54) is 212 Å². The molecule has 3 N–H and O–H groups in total. The summed E-state index contributed by atoms with van der Waals surface area (Å²) in [6, 6.07) is 0. The van der Waals surface area contributed by atoms with E-state index in [0.717, 1.165) is 95.8 Å². The third kappa shape index (κ3) is 70.3. The maximum Gasteiger partial charge on any atom is 0.472 e. The van der Waals surface area contributed by atoms with Gasteiger partial charge in [-0.05, 0) is 37.5 Å². The molecule has 0 saturated carbocycles. The van der Waals surface area contributed by atoms with E-state index in [0.29, 0.717) is 31.6 Å². The lowest BCUT2D eigenvalue weighted by Gasteiger charge is -2.21. The Labute approximate surface area is 581 Å². The van der Waals surface area contributed by atoms with Crippen LogP contribution in [0.1, 0.15) is 395 Å². The second kappa shape index (κ2) is 67.9. The first kappa shape index (κ1) is 93.1. The number of aliphatic hydroxyl groups excluding tert-OH is 1. The summed E-state index contributed by atoms with van der Waals surface area (Å²) in [5, 5.41) is 10.6. The Hall–Kier alpha value is -1.94. The van der Waals surface area contributed by atoms with Crippen LogP contribution >= 0.6 is 15.6 Å². The van der Waals surface area contributed by atoms with E-state index in [-0.39, 0.29) is 25.7 Å². The highest BCUT2D eigenvalue weighted by atomic mass is 31.2. The summed E-state index contributed by atoms with van der Waals surface area (Å²) < 4.78 is 68.4. The van der Waals surface area contributed by atoms with Gasteiger partial charge in [-0.15, -0.1) is 0 Å². The van der Waals surface area contributed by atoms with E-state index in [1.54, 1.807) is 0 Å². The molecule has 0 aliphatic heterocycles. The lowest BCUT2D eigenvalue weighted by molar-refractivity contribution is -0.161. The molecule has 0 heterocycles. The van der Waals surface area contributed by atoms with Crippen molar-refractivity contribution in [2.45, 2.75) is 413 Å². The van der Waals surface area contributed by atoms with Crippen LogP contribution in [0.15, 0.2) is 0 Å². The molecule has 0 spiro atoms. The molecular formula is C76H148O17P2. The average molecular weight is 1400 g/mol. The van der Waals surface area contributed by atoms with Crippen LogP contribution in [0.5, 0.6) is 0 Å². The predicted molar refractivity (Wildman–Crippen MR) is 386 cm³/mol. The highest BCUT2D eigenvalue weighted by molar-refractivity contribution is 7.47. The van der Waals surface area contributed by atoms with E-state index in [4.69, 9.17) is 37.0 Å². The molecule has 0 aromatic carbocycles. The van der Waals surface area contributed by atoms with Gasteiger partial charge in [-0.1, -0.05) is 343 Å². The van der Waals surface area contributed by atoms with Crippen LogP contribution in [0.2, 0.25) is 0 Å². The number of phosphoric acid groups is 2. The number of hydrogen-bond acceptors (Lipinski definition) is 15. The molecule has 0 bridgehead atoms. The van der Waals surface area contributed by atoms with Gasteiger partial charge in [0, 0.05) is 25.7 Å². The Bertz CT molecular complexity index is 1840. The van der Waals surface area contributed by atoms with Gasteiger partial charge in [0.15, 0.2) is 12.2 Å². The Kier molecular flexibility index (Phi) is 66.5. The minimum absolute atomic E-state index is 0.104. The molecule has 0 fully saturated rings. The summed E-state index contributed by atoms with van der Waals surface area (Å²) in [5.41, 5.74) is 0. The van der Waals surface area contributed by atoms with Crippen molar-refractivity contribution in [1.29, 1.82) is 0 Å². The molecule has 0 amide bonds. The van der Waals surface area contributed by atoms with E-state index in [9.17, 15) is 43.2 Å². The Morgan fingerprint density at radius 1 is 0.284 bits per heavy atom. The number of carbonyl (C=O) groups excluding carboxylic acids is 4. The molecule has 0 aromatic heterocycles. The second-order valence-corrected chi connectivity index (χ2v) is 31.3. The third-order valence-corrected chi connectivity index (χ3v) is 19.6. The molecule has 0 aliphatic carbocycles. The van der Waals surface area contributed by atoms with Crippen molar-refractivity contribution in [3.8, 4) is 0 Å². The fourth-order valence-corrected chi connectivity index (χ4v) is 13.2. The molecule has 564 valence electrons. The first-order valence-electron chi connectivity index (χ1n) is 39.5. The maximum atomic E-state index is 13.1. The van der Waals surface area contributed by atoms with Gasteiger partial charge in [0.25, 0.3) is 0 Å². The Morgan fingerprint density at radius 2 is 0.484 bits per heavy atom. The van der Waals surface area contributed by atoms with Gasteiger partial charge in [-0.25, -0.2) is 9.13 Å². The van der Waals surface area contributed by atoms with Crippen LogP contribution in [0.3, 0.4) is 0 Å². The van der Waals surface area contributed by atoms with E-state index in [1.807, 2.05) is 0 Å². The van der Waals surface area contributed by atoms with Gasteiger partial charge in [-0.2, -0.15) is 0 Å². The lowest BCUT2D eigenvalue weighted by atomic mass is 10.0. The van der Waals surface area contributed by atoms with Crippen molar-refractivity contribution in [2.24, 2.45) is 11.8 Å². The zero-order valence-electron chi connectivity index (χ0n) is 62.0. The first-order chi connectivity index (χ1) is 45.9. The number of carbonyl (C=O) groups is 4. The zero-order valence-corrected chi connectivity index (χ0v) is 63.8. The minimum Gasteiger partial charge on any atom is -0.462 e. The SMILES string of the molecule is CCCCCCCCCCCCCCCCCCCCCCCC(=O)O[C@H](COC(=O)CCCCCCCCCCCCCC(C)C)COP(=O)(O)OC[C@@H](O)COP(=O)(O)OC[C@@H](COC(=O)CCCCCCCCCCCC)OC(=O)CCCCCCCCCC(C)C. The molecule has 0 rings (SSSR count). The number of unbranched alkanes of at least 4 members (excludes halogenated alkanes) is 45. The van der Waals surface area contributed by atoms with Gasteiger partial charge in [-0.3, -0.25) is 37.3 Å². The van der Waals surface area contributed by atoms with E-state index >= 15 is 0 Å². The highest BCUT2D eigenvalue weighted by Gasteiger charge is 2.30. The smallest absolute Gasteiger partial charge is 0.462 e. The number of phosphoric ester groups is 2. The molecule has 2 unspecified atom stereocenters. The number of rotatable bonds is 75. The van der Waals surface area contributed by atoms with Crippen molar-refractivity contribution in [1.82, 2.24) is 0 Å². The van der Waals surface area contributed by atoms with Crippen LogP contribution in [0.25, 0.3) is 0 Å². The van der Waals surface area contributed by atoms with Crippen LogP contribution in [0.4, 0.5) is 0 Å². The molecule has 5 atom stereocenters. The van der Waals surface area contributed by atoms with Crippen molar-refractivity contribution in [2.75, 3.05) is 39.6 Å². The fourth-order valence-electron chi connectivity index (χ4n) is 11.7. The Morgan fingerprint density at radius 3 is 0.716 bits per heavy atom. The number of aliphatic hydroxyl groups is 1. The van der Waals surface area contributed by atoms with Crippen molar-refractivity contribution in [3.63, 3.8) is 0 Å². The summed E-state index contributed by atoms with van der Waals surface area (Å²) in [4.78, 5) is 72.7. The lowest BCUT2D eigenvalue weighted by Crippen LogP contribution is -2.30. The topological polar surface area (TPSA) is 237 Å². The minimum atomic E-state index is -4.96. The van der Waals surface area contributed by atoms with Crippen molar-refractivity contribution >= 4 is 39.5 Å². The molecule has 0 radical (unpaired) electrons. The summed E-state index contributed by atoms with van der Waals surface area (Å²) in [6.45, 7) is 9.52. The second-order valence-electron chi connectivity index (χ2n) is 28.3. The van der Waals surface area contributed by atoms with Crippen LogP contribution < -0.4 is 0 Å². The van der Waals surface area contributed by atoms with Crippen LogP contribution in [-0.4, -0.2) is 96.7 Å². The van der Waals surface area contributed by atoms with Gasteiger partial charge in [0.2, 0.25) is 0 Å². The maximum absolute atomic E-state index is 13.1. The number of ether oxygens (including phenoxy) is 4. The average Bonchev–Trinajstić information content (AvgIpc) is 1.36. The molecule has 0 saturated heterocycles. The van der Waals surface area contributed by atoms with Crippen LogP contribution in [0, 0.1) is 11.8 Å². The number of esters is 4. The standard InChI is InChI=1S/C76H148O17P2/c1-7-9-11-13-15-17-19-20-21-22-23-24-25-26-27-28-31-36-42-48-54-60-75(80)92-71(64-87-74(79)59-53-47-41-35-32-29-30-33-38-44-50-56-68(3)4)66-90-94(82,83)88-62-70(77)63-89-95(84,85)91-67-72(93-76(81)61-55-49-43-37-39-45-51-57-69(5)6)65-86-73(78)58-52-46-40-34-18-16-14-12-10-8-2/h68-72,77H,7-67H2,1-6H3,(H,82,83)(H,84,85)/t70-,71-,72-/m1/s1. The highest BCUT2D eigenvalue weighted by Crippen LogP contribution is 2.45. The first-order valence-corrected chi connectivity index (χ1v) is 42.5. The normalized spacial score (nSPS) is 14.0. The molecule has 0 aliphatic rings. The molecule has 17 nitrogen and oxygen atoms in total. The Balaban J connectivity index is 5.19. The van der Waals surface area contributed by atoms with Gasteiger partial charge in [0.1, 0.15) is 19.3 Å². The molecular weight excluding hydrogens is 1250 g/mol. The van der Waals surface area contributed by atoms with Gasteiger partial charge < -0.3 is 33.8 Å². The summed E-state index contributed by atoms with van der Waals surface area (Å²) >= 11 is 0. The quantitative estimate of drug-likeness (QED) is 0.0222. The van der Waals surface area contributed by atoms with Gasteiger partial charge in [0.05, 0.1) is 26.4 Å². The summed E-state index contributed by atoms with van der Waals surface area (Å²) in [6.07, 6.45) is 55.7. The largest absolute Gasteiger partial charge is 0.472 e. The summed E-state index contributed by atoms with van der Waals surface area (Å²) in [5.74, 6) is -0.653. The number of hydrogen-bond donors (Lipinski definition) is 3. The predicted octanol–water partition coefficient (Wildman–Crippen LogP) is 22.3. The fraction of sp³-hybridized carbons (Fsp3) is 0.947. The van der Waals surface area contributed by atoms with Crippen molar-refractivity contribution < 1.29 is 80.2 Å². The van der Waals surface area contributed by atoms with E-state index < -0.39 is 97.5 Å². The van der Waals surface area contributed by atoms with Gasteiger partial charge >= 0.3 is 39.5 Å². The van der Waals surface area contributed by atoms with Crippen molar-refractivity contribution in [3.05, 3.63) is 0 Å².